The van der Waals surface area contributed by atoms with Crippen LogP contribution in [0, 0.1) is 0 Å². The molecule has 0 aromatic heterocycles. The zero-order chi connectivity index (χ0) is 13.6. The van der Waals surface area contributed by atoms with Crippen molar-refractivity contribution in [2.45, 2.75) is 26.1 Å². The summed E-state index contributed by atoms with van der Waals surface area (Å²) >= 11 is 0. The van der Waals surface area contributed by atoms with Crippen LogP contribution in [0.5, 0.6) is 0 Å². The Labute approximate surface area is 99.8 Å². The Bertz CT molecular complexity index is 243. The summed E-state index contributed by atoms with van der Waals surface area (Å²) in [5.74, 6) is 0. The Balaban J connectivity index is 4.30. The maximum atomic E-state index is 12.0. The standard InChI is InChI=1S/C10H20F3N3O/c1-5-16(8(2)6-15(3)4)9(17)14-7-10(11,12)13/h8H,5-7H2,1-4H3,(H,14,17). The molecule has 2 amide bonds. The lowest BCUT2D eigenvalue weighted by Gasteiger charge is -2.30. The summed E-state index contributed by atoms with van der Waals surface area (Å²) in [5.41, 5.74) is 0. The number of nitrogens with one attached hydrogen (secondary N) is 1. The van der Waals surface area contributed by atoms with Crippen molar-refractivity contribution in [2.24, 2.45) is 0 Å². The van der Waals surface area contributed by atoms with Crippen LogP contribution < -0.4 is 5.32 Å². The van der Waals surface area contributed by atoms with Crippen molar-refractivity contribution in [3.05, 3.63) is 0 Å². The molecule has 0 rings (SSSR count). The molecule has 0 aliphatic rings. The Hall–Kier alpha value is -0.980. The average molecular weight is 255 g/mol. The Kier molecular flexibility index (Phi) is 6.30. The summed E-state index contributed by atoms with van der Waals surface area (Å²) in [5, 5.41) is 1.87. The van der Waals surface area contributed by atoms with Crippen molar-refractivity contribution < 1.29 is 18.0 Å². The largest absolute Gasteiger partial charge is 0.405 e. The maximum Gasteiger partial charge on any atom is 0.405 e. The van der Waals surface area contributed by atoms with Crippen LogP contribution in [0.15, 0.2) is 0 Å². The van der Waals surface area contributed by atoms with Gasteiger partial charge in [0.05, 0.1) is 0 Å². The number of urea groups is 1. The second-order valence-corrected chi connectivity index (χ2v) is 4.17. The highest BCUT2D eigenvalue weighted by Gasteiger charge is 2.29. The van der Waals surface area contributed by atoms with Gasteiger partial charge in [-0.3, -0.25) is 0 Å². The fourth-order valence-electron chi connectivity index (χ4n) is 1.56. The molecule has 0 aromatic carbocycles. The number of hydrogen-bond acceptors (Lipinski definition) is 2. The van der Waals surface area contributed by atoms with Crippen molar-refractivity contribution in [2.75, 3.05) is 33.7 Å². The molecule has 1 unspecified atom stereocenters. The molecule has 0 aliphatic heterocycles. The van der Waals surface area contributed by atoms with E-state index in [-0.39, 0.29) is 6.04 Å². The van der Waals surface area contributed by atoms with Gasteiger partial charge in [0.2, 0.25) is 0 Å². The Morgan fingerprint density at radius 2 is 1.88 bits per heavy atom. The molecule has 1 atom stereocenters. The first-order valence-corrected chi connectivity index (χ1v) is 5.43. The van der Waals surface area contributed by atoms with E-state index in [0.29, 0.717) is 13.1 Å². The Morgan fingerprint density at radius 1 is 1.35 bits per heavy atom. The van der Waals surface area contributed by atoms with Gasteiger partial charge in [0, 0.05) is 19.1 Å². The Morgan fingerprint density at radius 3 is 2.24 bits per heavy atom. The zero-order valence-electron chi connectivity index (χ0n) is 10.6. The summed E-state index contributed by atoms with van der Waals surface area (Å²) < 4.78 is 35.9. The van der Waals surface area contributed by atoms with E-state index in [0.717, 1.165) is 0 Å². The highest BCUT2D eigenvalue weighted by molar-refractivity contribution is 5.74. The first-order valence-electron chi connectivity index (χ1n) is 5.43. The van der Waals surface area contributed by atoms with Crippen molar-refractivity contribution in [1.29, 1.82) is 0 Å². The van der Waals surface area contributed by atoms with Gasteiger partial charge in [-0.2, -0.15) is 13.2 Å². The highest BCUT2D eigenvalue weighted by Crippen LogP contribution is 2.12. The number of amides is 2. The van der Waals surface area contributed by atoms with Crippen LogP contribution in [0.2, 0.25) is 0 Å². The fraction of sp³-hybridized carbons (Fsp3) is 0.900. The van der Waals surface area contributed by atoms with Crippen LogP contribution in [0.25, 0.3) is 0 Å². The topological polar surface area (TPSA) is 35.6 Å². The molecule has 0 aliphatic carbocycles. The second-order valence-electron chi connectivity index (χ2n) is 4.17. The van der Waals surface area contributed by atoms with E-state index in [1.54, 1.807) is 13.8 Å². The molecule has 17 heavy (non-hydrogen) atoms. The first kappa shape index (κ1) is 16.0. The molecule has 0 radical (unpaired) electrons. The van der Waals surface area contributed by atoms with Gasteiger partial charge in [-0.05, 0) is 27.9 Å². The summed E-state index contributed by atoms with van der Waals surface area (Å²) in [6.07, 6.45) is -4.38. The number of nitrogens with zero attached hydrogens (tertiary/aromatic N) is 2. The molecule has 7 heteroatoms. The van der Waals surface area contributed by atoms with Crippen LogP contribution in [-0.2, 0) is 0 Å². The predicted molar refractivity (Wildman–Crippen MR) is 59.8 cm³/mol. The van der Waals surface area contributed by atoms with Crippen molar-refractivity contribution in [3.8, 4) is 0 Å². The molecule has 102 valence electrons. The monoisotopic (exact) mass is 255 g/mol. The molecule has 0 aromatic rings. The molecule has 0 fully saturated rings. The molecule has 0 heterocycles. The van der Waals surface area contributed by atoms with E-state index in [1.165, 1.54) is 4.90 Å². The average Bonchev–Trinajstić information content (AvgIpc) is 2.13. The molecule has 1 N–H and O–H groups in total. The minimum absolute atomic E-state index is 0.136. The van der Waals surface area contributed by atoms with Crippen molar-refractivity contribution in [3.63, 3.8) is 0 Å². The lowest BCUT2D eigenvalue weighted by molar-refractivity contribution is -0.123. The summed E-state index contributed by atoms with van der Waals surface area (Å²) in [7, 11) is 3.69. The minimum Gasteiger partial charge on any atom is -0.329 e. The van der Waals surface area contributed by atoms with E-state index in [2.05, 4.69) is 0 Å². The summed E-state index contributed by atoms with van der Waals surface area (Å²) in [6.45, 7) is 3.22. The summed E-state index contributed by atoms with van der Waals surface area (Å²) in [4.78, 5) is 14.8. The van der Waals surface area contributed by atoms with Gasteiger partial charge in [0.25, 0.3) is 0 Å². The zero-order valence-corrected chi connectivity index (χ0v) is 10.6. The summed E-state index contributed by atoms with van der Waals surface area (Å²) in [6, 6.07) is -0.817. The third kappa shape index (κ3) is 7.04. The molecular formula is C10H20F3N3O. The van der Waals surface area contributed by atoms with E-state index < -0.39 is 18.8 Å². The van der Waals surface area contributed by atoms with Gasteiger partial charge in [-0.15, -0.1) is 0 Å². The minimum atomic E-state index is -4.38. The first-order chi connectivity index (χ1) is 7.67. The number of carbonyl (C=O) groups excluding carboxylic acids is 1. The van der Waals surface area contributed by atoms with Crippen molar-refractivity contribution in [1.82, 2.24) is 15.1 Å². The van der Waals surface area contributed by atoms with Gasteiger partial charge < -0.3 is 15.1 Å². The van der Waals surface area contributed by atoms with Gasteiger partial charge in [-0.25, -0.2) is 4.79 Å². The maximum absolute atomic E-state index is 12.0. The lowest BCUT2D eigenvalue weighted by Crippen LogP contribution is -2.50. The SMILES string of the molecule is CCN(C(=O)NCC(F)(F)F)C(C)CN(C)C. The molecule has 0 saturated carbocycles. The van der Waals surface area contributed by atoms with E-state index in [1.807, 2.05) is 24.3 Å². The third-order valence-electron chi connectivity index (χ3n) is 2.20. The number of alkyl halides is 3. The van der Waals surface area contributed by atoms with Crippen LogP contribution in [-0.4, -0.2) is 61.8 Å². The van der Waals surface area contributed by atoms with E-state index in [9.17, 15) is 18.0 Å². The second kappa shape index (κ2) is 6.68. The van der Waals surface area contributed by atoms with Gasteiger partial charge >= 0.3 is 12.2 Å². The predicted octanol–water partition coefficient (Wildman–Crippen LogP) is 1.53. The highest BCUT2D eigenvalue weighted by atomic mass is 19.4. The van der Waals surface area contributed by atoms with Crippen LogP contribution in [0.1, 0.15) is 13.8 Å². The molecular weight excluding hydrogens is 235 g/mol. The van der Waals surface area contributed by atoms with E-state index >= 15 is 0 Å². The number of likely N-dealkylation sites (N-methyl/N-ethyl adjacent to an activating group) is 2. The lowest BCUT2D eigenvalue weighted by atomic mass is 10.3. The molecule has 0 bridgehead atoms. The smallest absolute Gasteiger partial charge is 0.329 e. The van der Waals surface area contributed by atoms with Gasteiger partial charge in [0.15, 0.2) is 0 Å². The van der Waals surface area contributed by atoms with Crippen molar-refractivity contribution >= 4 is 6.03 Å². The number of carbonyl (C=O) groups is 1. The molecule has 0 saturated heterocycles. The third-order valence-corrected chi connectivity index (χ3v) is 2.20. The number of hydrogen-bond donors (Lipinski definition) is 1. The molecule has 0 spiro atoms. The van der Waals surface area contributed by atoms with Crippen LogP contribution in [0.3, 0.4) is 0 Å². The van der Waals surface area contributed by atoms with E-state index in [4.69, 9.17) is 0 Å². The van der Waals surface area contributed by atoms with Crippen LogP contribution >= 0.6 is 0 Å². The fourth-order valence-corrected chi connectivity index (χ4v) is 1.56. The number of halogens is 3. The van der Waals surface area contributed by atoms with Gasteiger partial charge in [0.1, 0.15) is 6.54 Å². The normalized spacial score (nSPS) is 13.6. The quantitative estimate of drug-likeness (QED) is 0.808. The molecule has 4 nitrogen and oxygen atoms in total. The number of rotatable bonds is 5. The van der Waals surface area contributed by atoms with Gasteiger partial charge in [-0.1, -0.05) is 0 Å². The van der Waals surface area contributed by atoms with Crippen LogP contribution in [0.4, 0.5) is 18.0 Å².